The summed E-state index contributed by atoms with van der Waals surface area (Å²) in [7, 11) is 1.39. The van der Waals surface area contributed by atoms with E-state index in [0.717, 1.165) is 5.56 Å². The third-order valence-corrected chi connectivity index (χ3v) is 6.98. The summed E-state index contributed by atoms with van der Waals surface area (Å²) < 4.78 is 84.7. The molecule has 1 unspecified atom stereocenters. The van der Waals surface area contributed by atoms with Gasteiger partial charge in [0.25, 0.3) is 0 Å². The molecule has 2 saturated heterocycles. The molecular weight excluding hydrogens is 574 g/mol. The van der Waals surface area contributed by atoms with E-state index in [4.69, 9.17) is 9.57 Å². The zero-order valence-corrected chi connectivity index (χ0v) is 22.4. The molecule has 2 aliphatic rings. The lowest BCUT2D eigenvalue weighted by atomic mass is 10.0. The number of piperazine rings is 1. The highest BCUT2D eigenvalue weighted by molar-refractivity contribution is 5.90. The van der Waals surface area contributed by atoms with Crippen molar-refractivity contribution in [3.8, 4) is 0 Å². The second-order valence-electron chi connectivity index (χ2n) is 9.80. The van der Waals surface area contributed by atoms with Crippen LogP contribution in [-0.4, -0.2) is 71.6 Å². The van der Waals surface area contributed by atoms with Crippen molar-refractivity contribution in [2.24, 2.45) is 0 Å². The van der Waals surface area contributed by atoms with Gasteiger partial charge in [-0.15, -0.1) is 0 Å². The number of halogens is 6. The van der Waals surface area contributed by atoms with E-state index in [1.54, 1.807) is 12.1 Å². The Morgan fingerprint density at radius 1 is 0.976 bits per heavy atom. The first-order chi connectivity index (χ1) is 19.8. The highest BCUT2D eigenvalue weighted by Crippen LogP contribution is 2.36. The summed E-state index contributed by atoms with van der Waals surface area (Å²) in [6, 6.07) is 9.00. The highest BCUT2D eigenvalue weighted by atomic mass is 19.4. The fourth-order valence-corrected chi connectivity index (χ4v) is 5.05. The SMILES string of the molecule is CONCCC1C(=O)N(Cc2ccccc2)C[C@@H]2N(C(=O)OCc3cc(C(F)(F)F)cc(C(F)(F)F)c3)CCC(=O)N12. The van der Waals surface area contributed by atoms with Crippen LogP contribution in [0.15, 0.2) is 48.5 Å². The average molecular weight is 603 g/mol. The summed E-state index contributed by atoms with van der Waals surface area (Å²) in [5.74, 6) is -0.730. The summed E-state index contributed by atoms with van der Waals surface area (Å²) in [5.41, 5.74) is -0.159. The molecule has 0 aliphatic carbocycles. The average Bonchev–Trinajstić information content (AvgIpc) is 2.93. The van der Waals surface area contributed by atoms with Crippen LogP contribution in [0.2, 0.25) is 0 Å². The van der Waals surface area contributed by atoms with E-state index in [1.165, 1.54) is 21.8 Å². The van der Waals surface area contributed by atoms with Crippen molar-refractivity contribution < 1.29 is 50.3 Å². The van der Waals surface area contributed by atoms with E-state index in [1.807, 2.05) is 18.2 Å². The number of amides is 3. The molecule has 15 heteroatoms. The third-order valence-electron chi connectivity index (χ3n) is 6.98. The van der Waals surface area contributed by atoms with Gasteiger partial charge in [0.1, 0.15) is 18.8 Å². The van der Waals surface area contributed by atoms with Crippen molar-refractivity contribution in [3.63, 3.8) is 0 Å². The molecule has 42 heavy (non-hydrogen) atoms. The van der Waals surface area contributed by atoms with Crippen LogP contribution in [0.25, 0.3) is 0 Å². The topological polar surface area (TPSA) is 91.4 Å². The molecule has 2 atom stereocenters. The summed E-state index contributed by atoms with van der Waals surface area (Å²) in [5, 5.41) is 0. The number of carbonyl (C=O) groups excluding carboxylic acids is 3. The molecule has 228 valence electrons. The molecule has 3 amide bonds. The Hall–Kier alpha value is -3.85. The molecule has 0 aromatic heterocycles. The second kappa shape index (κ2) is 12.6. The summed E-state index contributed by atoms with van der Waals surface area (Å²) in [6.07, 6.45) is -12.2. The van der Waals surface area contributed by atoms with Gasteiger partial charge in [0.2, 0.25) is 11.8 Å². The summed E-state index contributed by atoms with van der Waals surface area (Å²) in [4.78, 5) is 48.5. The molecule has 0 radical (unpaired) electrons. The number of ether oxygens (including phenoxy) is 1. The first kappa shape index (κ1) is 31.1. The molecule has 0 spiro atoms. The Kier molecular flexibility index (Phi) is 9.30. The molecular formula is C27H28F6N4O5. The molecule has 2 heterocycles. The van der Waals surface area contributed by atoms with E-state index in [9.17, 15) is 40.7 Å². The minimum Gasteiger partial charge on any atom is -0.444 e. The molecule has 0 bridgehead atoms. The largest absolute Gasteiger partial charge is 0.444 e. The first-order valence-electron chi connectivity index (χ1n) is 12.9. The zero-order valence-electron chi connectivity index (χ0n) is 22.4. The minimum atomic E-state index is -5.06. The normalized spacial score (nSPS) is 19.6. The third kappa shape index (κ3) is 7.13. The Labute approximate surface area is 236 Å². The number of hydroxylamine groups is 1. The first-order valence-corrected chi connectivity index (χ1v) is 12.9. The number of rotatable bonds is 8. The van der Waals surface area contributed by atoms with Gasteiger partial charge in [0, 0.05) is 26.1 Å². The second-order valence-corrected chi connectivity index (χ2v) is 9.80. The molecule has 2 fully saturated rings. The van der Waals surface area contributed by atoms with E-state index in [2.05, 4.69) is 5.48 Å². The van der Waals surface area contributed by atoms with E-state index < -0.39 is 54.0 Å². The Morgan fingerprint density at radius 2 is 1.62 bits per heavy atom. The van der Waals surface area contributed by atoms with Crippen LogP contribution in [0.4, 0.5) is 31.1 Å². The van der Waals surface area contributed by atoms with Crippen LogP contribution < -0.4 is 5.48 Å². The number of carbonyl (C=O) groups is 3. The van der Waals surface area contributed by atoms with Crippen molar-refractivity contribution in [1.82, 2.24) is 20.2 Å². The summed E-state index contributed by atoms with van der Waals surface area (Å²) >= 11 is 0. The van der Waals surface area contributed by atoms with E-state index in [0.29, 0.717) is 12.1 Å². The monoisotopic (exact) mass is 602 g/mol. The van der Waals surface area contributed by atoms with Crippen LogP contribution in [0.5, 0.6) is 0 Å². The quantitative estimate of drug-likeness (QED) is 0.277. The summed E-state index contributed by atoms with van der Waals surface area (Å²) in [6.45, 7) is -0.698. The van der Waals surface area contributed by atoms with Crippen molar-refractivity contribution in [1.29, 1.82) is 0 Å². The number of alkyl halides is 6. The minimum absolute atomic E-state index is 0.0155. The van der Waals surface area contributed by atoms with Crippen molar-refractivity contribution in [2.75, 3.05) is 26.7 Å². The number of nitrogens with zero attached hydrogens (tertiary/aromatic N) is 3. The van der Waals surface area contributed by atoms with Crippen molar-refractivity contribution in [3.05, 3.63) is 70.8 Å². The number of fused-ring (bicyclic) bond motifs is 1. The van der Waals surface area contributed by atoms with Gasteiger partial charge in [-0.3, -0.25) is 14.5 Å². The standard InChI is InChI=1S/C27H28F6N4O5/c1-41-34-9-7-21-24(39)35(14-17-5-3-2-4-6-17)15-22-36(10-8-23(38)37(21)22)25(40)42-16-18-11-19(26(28,29)30)13-20(12-18)27(31,32)33/h2-6,11-13,21-22,34H,7-10,14-16H2,1H3/t21?,22-/m1/s1. The predicted octanol–water partition coefficient (Wildman–Crippen LogP) is 4.17. The van der Waals surface area contributed by atoms with Crippen molar-refractivity contribution in [2.45, 2.75) is 50.6 Å². The van der Waals surface area contributed by atoms with Crippen LogP contribution >= 0.6 is 0 Å². The highest BCUT2D eigenvalue weighted by Gasteiger charge is 2.49. The molecule has 4 rings (SSSR count). The molecule has 0 saturated carbocycles. The fourth-order valence-electron chi connectivity index (χ4n) is 5.05. The van der Waals surface area contributed by atoms with E-state index in [-0.39, 0.29) is 56.9 Å². The van der Waals surface area contributed by atoms with Gasteiger partial charge in [-0.1, -0.05) is 30.3 Å². The van der Waals surface area contributed by atoms with Crippen LogP contribution in [0, 0.1) is 0 Å². The molecule has 9 nitrogen and oxygen atoms in total. The van der Waals surface area contributed by atoms with Gasteiger partial charge in [-0.05, 0) is 35.7 Å². The van der Waals surface area contributed by atoms with Gasteiger partial charge in [0.15, 0.2) is 0 Å². The lowest BCUT2D eigenvalue weighted by Crippen LogP contribution is -2.71. The lowest BCUT2D eigenvalue weighted by Gasteiger charge is -2.51. The number of benzene rings is 2. The maximum atomic E-state index is 13.5. The Balaban J connectivity index is 1.57. The smallest absolute Gasteiger partial charge is 0.416 e. The van der Waals surface area contributed by atoms with Gasteiger partial charge in [0.05, 0.1) is 24.8 Å². The number of nitrogens with one attached hydrogen (secondary N) is 1. The number of hydrogen-bond acceptors (Lipinski definition) is 6. The zero-order chi connectivity index (χ0) is 30.7. The Bertz CT molecular complexity index is 1260. The molecule has 2 aromatic carbocycles. The van der Waals surface area contributed by atoms with Crippen LogP contribution in [0.3, 0.4) is 0 Å². The van der Waals surface area contributed by atoms with Gasteiger partial charge in [-0.2, -0.15) is 26.3 Å². The number of hydrogen-bond donors (Lipinski definition) is 1. The van der Waals surface area contributed by atoms with E-state index >= 15 is 0 Å². The predicted molar refractivity (Wildman–Crippen MR) is 134 cm³/mol. The van der Waals surface area contributed by atoms with Gasteiger partial charge in [-0.25, -0.2) is 10.3 Å². The van der Waals surface area contributed by atoms with Crippen LogP contribution in [0.1, 0.15) is 35.1 Å². The molecule has 2 aromatic rings. The molecule has 1 N–H and O–H groups in total. The maximum Gasteiger partial charge on any atom is 0.416 e. The molecule has 2 aliphatic heterocycles. The Morgan fingerprint density at radius 3 is 2.21 bits per heavy atom. The fraction of sp³-hybridized carbons (Fsp3) is 0.444. The lowest BCUT2D eigenvalue weighted by molar-refractivity contribution is -0.169. The van der Waals surface area contributed by atoms with Crippen LogP contribution in [-0.2, 0) is 44.7 Å². The van der Waals surface area contributed by atoms with Gasteiger partial charge < -0.3 is 19.4 Å². The van der Waals surface area contributed by atoms with Crippen molar-refractivity contribution >= 4 is 17.9 Å². The maximum absolute atomic E-state index is 13.5. The van der Waals surface area contributed by atoms with Gasteiger partial charge >= 0.3 is 18.4 Å².